The van der Waals surface area contributed by atoms with Crippen LogP contribution in [0.2, 0.25) is 0 Å². The number of nitrogen functional groups attached to an aromatic ring is 2. The summed E-state index contributed by atoms with van der Waals surface area (Å²) in [5, 5.41) is 16.1. The van der Waals surface area contributed by atoms with Crippen molar-refractivity contribution in [1.82, 2.24) is 0 Å². The van der Waals surface area contributed by atoms with Crippen molar-refractivity contribution >= 4 is 44.5 Å². The summed E-state index contributed by atoms with van der Waals surface area (Å²) in [6.07, 6.45) is 4.38. The fourth-order valence-corrected chi connectivity index (χ4v) is 5.63. The molecule has 1 heterocycles. The second kappa shape index (κ2) is 17.0. The molecule has 0 fully saturated rings. The number of aromatic hydroxyl groups is 1. The van der Waals surface area contributed by atoms with Crippen molar-refractivity contribution in [3.05, 3.63) is 76.2 Å². The predicted octanol–water partition coefficient (Wildman–Crippen LogP) is 8.19. The minimum Gasteiger partial charge on any atom is -0.505 e. The summed E-state index contributed by atoms with van der Waals surface area (Å²) in [4.78, 5) is 13.0. The van der Waals surface area contributed by atoms with Gasteiger partial charge in [0.1, 0.15) is 16.5 Å². The zero-order valence-corrected chi connectivity index (χ0v) is 26.0. The van der Waals surface area contributed by atoms with Crippen molar-refractivity contribution in [1.29, 1.82) is 0 Å². The van der Waals surface area contributed by atoms with E-state index in [-0.39, 0.29) is 11.7 Å². The number of phenols is 1. The molecule has 0 aliphatic heterocycles. The lowest BCUT2D eigenvalue weighted by Gasteiger charge is -2.12. The van der Waals surface area contributed by atoms with Crippen molar-refractivity contribution in [3.63, 3.8) is 0 Å². The molecule has 1 aliphatic rings. The van der Waals surface area contributed by atoms with Gasteiger partial charge in [-0.2, -0.15) is 0 Å². The molecule has 4 aromatic rings. The topological polar surface area (TPSA) is 120 Å². The fourth-order valence-electron chi connectivity index (χ4n) is 4.48. The maximum atomic E-state index is 11.7. The fraction of sp³-hybridized carbons (Fsp3) is 0.364. The summed E-state index contributed by atoms with van der Waals surface area (Å²) < 4.78 is 10.2. The lowest BCUT2D eigenvalue weighted by molar-refractivity contribution is 0.0526. The van der Waals surface area contributed by atoms with Crippen LogP contribution < -0.4 is 21.5 Å². The van der Waals surface area contributed by atoms with Crippen LogP contribution in [0.15, 0.2) is 54.6 Å². The number of nitrogens with one attached hydrogen (secondary N) is 1. The van der Waals surface area contributed by atoms with Crippen molar-refractivity contribution in [2.75, 3.05) is 30.5 Å². The van der Waals surface area contributed by atoms with E-state index in [1.165, 1.54) is 11.3 Å². The van der Waals surface area contributed by atoms with Gasteiger partial charge in [0.05, 0.1) is 25.0 Å². The average Bonchev–Trinajstić information content (AvgIpc) is 3.36. The second-order valence-electron chi connectivity index (χ2n) is 8.77. The molecule has 222 valence electrons. The van der Waals surface area contributed by atoms with Gasteiger partial charge in [0, 0.05) is 28.1 Å². The normalized spacial score (nSPS) is 11.4. The van der Waals surface area contributed by atoms with E-state index in [9.17, 15) is 9.90 Å². The average molecular weight is 580 g/mol. The summed E-state index contributed by atoms with van der Waals surface area (Å²) in [6.45, 7) is 10.7. The Balaban J connectivity index is 0.000000270. The minimum absolute atomic E-state index is 0.139. The molecule has 1 aliphatic carbocycles. The first-order valence-electron chi connectivity index (χ1n) is 14.4. The molecule has 0 amide bonds. The number of hydrogen-bond acceptors (Lipinski definition) is 8. The number of aryl methyl sites for hydroxylation is 1. The Hall–Kier alpha value is -3.91. The van der Waals surface area contributed by atoms with Crippen molar-refractivity contribution < 1.29 is 19.4 Å². The Labute approximate surface area is 248 Å². The quantitative estimate of drug-likeness (QED) is 0.103. The summed E-state index contributed by atoms with van der Waals surface area (Å²) in [6, 6.07) is 17.4. The zero-order valence-electron chi connectivity index (χ0n) is 25.2. The first-order chi connectivity index (χ1) is 19.9. The van der Waals surface area contributed by atoms with E-state index < -0.39 is 0 Å². The molecule has 0 radical (unpaired) electrons. The van der Waals surface area contributed by atoms with Gasteiger partial charge in [-0.25, -0.2) is 4.79 Å². The number of carbonyl (C=O) groups is 1. The highest BCUT2D eigenvalue weighted by atomic mass is 32.1. The molecular formula is C33H45N3O4S. The van der Waals surface area contributed by atoms with Gasteiger partial charge in [0.2, 0.25) is 0 Å². The number of hydrogen-bond donors (Lipinski definition) is 4. The lowest BCUT2D eigenvalue weighted by atomic mass is 9.95. The third kappa shape index (κ3) is 8.54. The molecule has 0 saturated carbocycles. The van der Waals surface area contributed by atoms with E-state index in [1.807, 2.05) is 89.2 Å². The number of nitrogens with two attached hydrogens (primary N) is 2. The first kappa shape index (κ1) is 33.3. The van der Waals surface area contributed by atoms with Crippen LogP contribution in [0.1, 0.15) is 73.8 Å². The molecule has 7 nitrogen and oxygen atoms in total. The van der Waals surface area contributed by atoms with E-state index in [2.05, 4.69) is 5.32 Å². The third-order valence-corrected chi connectivity index (χ3v) is 7.51. The van der Waals surface area contributed by atoms with Gasteiger partial charge in [-0.3, -0.25) is 0 Å². The van der Waals surface area contributed by atoms with Crippen molar-refractivity contribution in [2.45, 2.75) is 66.8 Å². The van der Waals surface area contributed by atoms with Gasteiger partial charge < -0.3 is 31.4 Å². The number of methoxy groups -OCH3 is 1. The highest BCUT2D eigenvalue weighted by molar-refractivity contribution is 7.16. The number of thiophene rings is 1. The Kier molecular flexibility index (Phi) is 13.8. The van der Waals surface area contributed by atoms with Crippen LogP contribution in [-0.4, -0.2) is 24.8 Å². The third-order valence-electron chi connectivity index (χ3n) is 6.39. The Bertz CT molecular complexity index is 1380. The summed E-state index contributed by atoms with van der Waals surface area (Å²) in [5.41, 5.74) is 15.8. The number of esters is 1. The van der Waals surface area contributed by atoms with Gasteiger partial charge in [-0.1, -0.05) is 52.0 Å². The Morgan fingerprint density at radius 1 is 1.00 bits per heavy atom. The van der Waals surface area contributed by atoms with E-state index in [0.717, 1.165) is 52.6 Å². The molecule has 0 bridgehead atoms. The molecule has 0 spiro atoms. The Morgan fingerprint density at radius 3 is 2.32 bits per heavy atom. The van der Waals surface area contributed by atoms with Gasteiger partial charge in [-0.15, -0.1) is 11.3 Å². The largest absolute Gasteiger partial charge is 0.505 e. The standard InChI is InChI=1S/C18H18N2O2.C11H15NO2S.2C2H6/c1-22-15-8-6-14(7-9-15)20-11-13-10-12-4-2-3-5-16(12)17(19)18(13)21;1-2-14-11(13)9-7-5-3-4-6-8(7)15-10(9)12;2*1-2/h2-10,20-21H,11,19H2,1H3;2-6,12H2,1H3;2*1-2H3. The second-order valence-corrected chi connectivity index (χ2v) is 9.91. The van der Waals surface area contributed by atoms with Crippen LogP contribution in [0.25, 0.3) is 10.8 Å². The van der Waals surface area contributed by atoms with Gasteiger partial charge in [-0.05, 0) is 73.9 Å². The van der Waals surface area contributed by atoms with Gasteiger partial charge >= 0.3 is 5.97 Å². The van der Waals surface area contributed by atoms with Crippen LogP contribution >= 0.6 is 11.3 Å². The smallest absolute Gasteiger partial charge is 0.341 e. The molecule has 0 atom stereocenters. The van der Waals surface area contributed by atoms with Gasteiger partial charge in [0.25, 0.3) is 0 Å². The molecule has 5 rings (SSSR count). The van der Waals surface area contributed by atoms with Gasteiger partial charge in [0.15, 0.2) is 0 Å². The molecular weight excluding hydrogens is 534 g/mol. The lowest BCUT2D eigenvalue weighted by Crippen LogP contribution is -2.10. The molecule has 8 heteroatoms. The number of carbonyl (C=O) groups excluding carboxylic acids is 1. The summed E-state index contributed by atoms with van der Waals surface area (Å²) in [5.74, 6) is 0.692. The number of ether oxygens (including phenoxy) is 2. The van der Waals surface area contributed by atoms with E-state index in [1.54, 1.807) is 18.4 Å². The maximum absolute atomic E-state index is 11.7. The molecule has 41 heavy (non-hydrogen) atoms. The van der Waals surface area contributed by atoms with E-state index >= 15 is 0 Å². The van der Waals surface area contributed by atoms with Crippen LogP contribution in [0.5, 0.6) is 11.5 Å². The van der Waals surface area contributed by atoms with Crippen LogP contribution in [0.4, 0.5) is 16.4 Å². The summed E-state index contributed by atoms with van der Waals surface area (Å²) >= 11 is 1.55. The van der Waals surface area contributed by atoms with Crippen LogP contribution in [-0.2, 0) is 24.1 Å². The molecule has 3 aromatic carbocycles. The van der Waals surface area contributed by atoms with Crippen LogP contribution in [0, 0.1) is 0 Å². The van der Waals surface area contributed by atoms with Crippen molar-refractivity contribution in [2.24, 2.45) is 0 Å². The monoisotopic (exact) mass is 579 g/mol. The summed E-state index contributed by atoms with van der Waals surface area (Å²) in [7, 11) is 1.64. The highest BCUT2D eigenvalue weighted by Gasteiger charge is 2.24. The van der Waals surface area contributed by atoms with Crippen LogP contribution in [0.3, 0.4) is 0 Å². The molecule has 0 unspecified atom stereocenters. The highest BCUT2D eigenvalue weighted by Crippen LogP contribution is 2.37. The maximum Gasteiger partial charge on any atom is 0.341 e. The number of rotatable bonds is 6. The molecule has 6 N–H and O–H groups in total. The predicted molar refractivity (Wildman–Crippen MR) is 174 cm³/mol. The first-order valence-corrected chi connectivity index (χ1v) is 15.2. The van der Waals surface area contributed by atoms with E-state index in [0.29, 0.717) is 29.4 Å². The number of phenolic OH excluding ortho intramolecular Hbond substituents is 1. The number of fused-ring (bicyclic) bond motifs is 2. The number of benzene rings is 3. The molecule has 0 saturated heterocycles. The van der Waals surface area contributed by atoms with E-state index in [4.69, 9.17) is 20.9 Å². The molecule has 1 aromatic heterocycles. The Morgan fingerprint density at radius 2 is 1.66 bits per heavy atom. The number of anilines is 3. The SMILES string of the molecule is CC.CC.CCOC(=O)c1c(N)sc2c1CCCC2.COc1ccc(NCc2cc3ccccc3c(N)c2O)cc1. The minimum atomic E-state index is -0.255. The van der Waals surface area contributed by atoms with Crippen molar-refractivity contribution in [3.8, 4) is 11.5 Å². The zero-order chi connectivity index (χ0) is 30.4.